The minimum Gasteiger partial charge on any atom is -0.352 e. The first-order chi connectivity index (χ1) is 15.5. The predicted octanol–water partition coefficient (Wildman–Crippen LogP) is 6.34. The van der Waals surface area contributed by atoms with Crippen molar-refractivity contribution in [2.45, 2.75) is 69.0 Å². The van der Waals surface area contributed by atoms with E-state index in [0.717, 1.165) is 30.6 Å². The fourth-order valence-corrected chi connectivity index (χ4v) is 5.30. The molecule has 172 valence electrons. The summed E-state index contributed by atoms with van der Waals surface area (Å²) < 4.78 is 0. The summed E-state index contributed by atoms with van der Waals surface area (Å²) in [5.41, 5.74) is 0.664. The van der Waals surface area contributed by atoms with Crippen LogP contribution in [0.2, 0.25) is 10.0 Å². The molecule has 0 saturated heterocycles. The fraction of sp³-hybridized carbons (Fsp3) is 0.440. The van der Waals surface area contributed by atoms with Crippen molar-refractivity contribution in [3.63, 3.8) is 0 Å². The maximum Gasteiger partial charge on any atom is 0.242 e. The minimum atomic E-state index is -0.613. The van der Waals surface area contributed by atoms with Gasteiger partial charge in [0.2, 0.25) is 11.8 Å². The van der Waals surface area contributed by atoms with Crippen LogP contribution in [-0.2, 0) is 16.1 Å². The molecular formula is C25H30Cl2N2O2S. The van der Waals surface area contributed by atoms with Gasteiger partial charge < -0.3 is 10.2 Å². The van der Waals surface area contributed by atoms with Gasteiger partial charge in [0.25, 0.3) is 0 Å². The van der Waals surface area contributed by atoms with Crippen LogP contribution in [0.5, 0.6) is 0 Å². The molecule has 0 heterocycles. The average molecular weight is 494 g/mol. The van der Waals surface area contributed by atoms with Crippen molar-refractivity contribution in [1.29, 1.82) is 0 Å². The van der Waals surface area contributed by atoms with E-state index in [9.17, 15) is 9.59 Å². The number of hydrogen-bond donors (Lipinski definition) is 1. The highest BCUT2D eigenvalue weighted by molar-refractivity contribution is 7.99. The maximum atomic E-state index is 13.2. The summed E-state index contributed by atoms with van der Waals surface area (Å²) in [6.45, 7) is 1.98. The van der Waals surface area contributed by atoms with Crippen LogP contribution in [0.15, 0.2) is 53.4 Å². The lowest BCUT2D eigenvalue weighted by Gasteiger charge is -2.31. The number of thioether (sulfide) groups is 1. The van der Waals surface area contributed by atoms with Crippen LogP contribution in [-0.4, -0.2) is 34.6 Å². The highest BCUT2D eigenvalue weighted by Gasteiger charge is 2.29. The van der Waals surface area contributed by atoms with Crippen LogP contribution >= 0.6 is 35.0 Å². The second kappa shape index (κ2) is 12.5. The van der Waals surface area contributed by atoms with E-state index in [-0.39, 0.29) is 24.4 Å². The van der Waals surface area contributed by atoms with Crippen molar-refractivity contribution in [2.24, 2.45) is 0 Å². The number of benzene rings is 2. The van der Waals surface area contributed by atoms with E-state index >= 15 is 0 Å². The Kier molecular flexibility index (Phi) is 9.76. The van der Waals surface area contributed by atoms with Gasteiger partial charge in [-0.1, -0.05) is 66.7 Å². The number of amides is 2. The molecule has 1 aliphatic carbocycles. The maximum absolute atomic E-state index is 13.2. The van der Waals surface area contributed by atoms with Crippen molar-refractivity contribution >= 4 is 46.8 Å². The van der Waals surface area contributed by atoms with Crippen LogP contribution in [0.1, 0.15) is 51.0 Å². The molecule has 4 nitrogen and oxygen atoms in total. The number of carbonyl (C=O) groups excluding carboxylic acids is 2. The number of rotatable bonds is 9. The van der Waals surface area contributed by atoms with Crippen LogP contribution < -0.4 is 5.32 Å². The molecule has 0 spiro atoms. The van der Waals surface area contributed by atoms with Gasteiger partial charge in [-0.15, -0.1) is 11.8 Å². The number of halogens is 2. The lowest BCUT2D eigenvalue weighted by molar-refractivity contribution is -0.140. The molecule has 0 bridgehead atoms. The smallest absolute Gasteiger partial charge is 0.242 e. The number of hydrogen-bond acceptors (Lipinski definition) is 3. The van der Waals surface area contributed by atoms with E-state index in [4.69, 9.17) is 23.2 Å². The SMILES string of the molecule is C[C@@H](C(=O)NC1CCCCC1)N(Cc1c(Cl)cccc1Cl)C(=O)CCSc1ccccc1. The molecule has 1 N–H and O–H groups in total. The minimum absolute atomic E-state index is 0.0873. The summed E-state index contributed by atoms with van der Waals surface area (Å²) in [7, 11) is 0. The number of nitrogens with zero attached hydrogens (tertiary/aromatic N) is 1. The first-order valence-electron chi connectivity index (χ1n) is 11.2. The van der Waals surface area contributed by atoms with Gasteiger partial charge in [-0.2, -0.15) is 0 Å². The largest absolute Gasteiger partial charge is 0.352 e. The van der Waals surface area contributed by atoms with Crippen molar-refractivity contribution in [3.05, 3.63) is 64.1 Å². The topological polar surface area (TPSA) is 49.4 Å². The summed E-state index contributed by atoms with van der Waals surface area (Å²) in [6, 6.07) is 14.8. The average Bonchev–Trinajstić information content (AvgIpc) is 2.80. The summed E-state index contributed by atoms with van der Waals surface area (Å²) >= 11 is 14.4. The third-order valence-corrected chi connectivity index (χ3v) is 7.56. The molecule has 1 saturated carbocycles. The molecule has 0 radical (unpaired) electrons. The summed E-state index contributed by atoms with van der Waals surface area (Å²) in [4.78, 5) is 29.0. The molecule has 2 aromatic rings. The van der Waals surface area contributed by atoms with Gasteiger partial charge in [0.15, 0.2) is 0 Å². The van der Waals surface area contributed by atoms with E-state index in [1.807, 2.05) is 30.3 Å². The molecular weight excluding hydrogens is 463 g/mol. The van der Waals surface area contributed by atoms with Gasteiger partial charge in [-0.25, -0.2) is 0 Å². The van der Waals surface area contributed by atoms with Gasteiger partial charge >= 0.3 is 0 Å². The Morgan fingerprint density at radius 2 is 1.69 bits per heavy atom. The van der Waals surface area contributed by atoms with Gasteiger partial charge in [0.1, 0.15) is 6.04 Å². The van der Waals surface area contributed by atoms with Crippen molar-refractivity contribution in [3.8, 4) is 0 Å². The number of carbonyl (C=O) groups is 2. The number of nitrogens with one attached hydrogen (secondary N) is 1. The second-order valence-corrected chi connectivity index (χ2v) is 10.1. The Morgan fingerprint density at radius 1 is 1.03 bits per heavy atom. The molecule has 0 aromatic heterocycles. The fourth-order valence-electron chi connectivity index (χ4n) is 3.92. The Labute approximate surface area is 205 Å². The van der Waals surface area contributed by atoms with Gasteiger partial charge in [-0.3, -0.25) is 9.59 Å². The second-order valence-electron chi connectivity index (χ2n) is 8.15. The van der Waals surface area contributed by atoms with Crippen LogP contribution in [0, 0.1) is 0 Å². The van der Waals surface area contributed by atoms with E-state index in [1.54, 1.807) is 41.8 Å². The van der Waals surface area contributed by atoms with E-state index < -0.39 is 6.04 Å². The molecule has 32 heavy (non-hydrogen) atoms. The van der Waals surface area contributed by atoms with Crippen LogP contribution in [0.4, 0.5) is 0 Å². The quantitative estimate of drug-likeness (QED) is 0.415. The van der Waals surface area contributed by atoms with Crippen LogP contribution in [0.25, 0.3) is 0 Å². The molecule has 2 aromatic carbocycles. The lowest BCUT2D eigenvalue weighted by atomic mass is 9.95. The van der Waals surface area contributed by atoms with Crippen molar-refractivity contribution in [1.82, 2.24) is 10.2 Å². The highest BCUT2D eigenvalue weighted by Crippen LogP contribution is 2.27. The molecule has 0 aliphatic heterocycles. The lowest BCUT2D eigenvalue weighted by Crippen LogP contribution is -2.50. The summed E-state index contributed by atoms with van der Waals surface area (Å²) in [5.74, 6) is 0.423. The molecule has 1 aliphatic rings. The molecule has 2 amide bonds. The van der Waals surface area contributed by atoms with E-state index in [1.165, 1.54) is 6.42 Å². The first kappa shape index (κ1) is 24.9. The molecule has 1 fully saturated rings. The monoisotopic (exact) mass is 492 g/mol. The van der Waals surface area contributed by atoms with Gasteiger partial charge in [0.05, 0.1) is 0 Å². The summed E-state index contributed by atoms with van der Waals surface area (Å²) in [6.07, 6.45) is 5.80. The zero-order chi connectivity index (χ0) is 22.9. The Morgan fingerprint density at radius 3 is 2.34 bits per heavy atom. The predicted molar refractivity (Wildman–Crippen MR) is 133 cm³/mol. The Balaban J connectivity index is 1.70. The zero-order valence-electron chi connectivity index (χ0n) is 18.4. The third-order valence-electron chi connectivity index (χ3n) is 5.84. The third kappa shape index (κ3) is 7.16. The molecule has 7 heteroatoms. The highest BCUT2D eigenvalue weighted by atomic mass is 35.5. The summed E-state index contributed by atoms with van der Waals surface area (Å²) in [5, 5.41) is 4.14. The molecule has 3 rings (SSSR count). The Hall–Kier alpha value is -1.69. The van der Waals surface area contributed by atoms with Crippen LogP contribution in [0.3, 0.4) is 0 Å². The van der Waals surface area contributed by atoms with Gasteiger partial charge in [0, 0.05) is 45.3 Å². The molecule has 1 atom stereocenters. The van der Waals surface area contributed by atoms with Crippen molar-refractivity contribution in [2.75, 3.05) is 5.75 Å². The van der Waals surface area contributed by atoms with Crippen molar-refractivity contribution < 1.29 is 9.59 Å². The van der Waals surface area contributed by atoms with E-state index in [0.29, 0.717) is 27.8 Å². The zero-order valence-corrected chi connectivity index (χ0v) is 20.7. The molecule has 0 unspecified atom stereocenters. The Bertz CT molecular complexity index is 884. The van der Waals surface area contributed by atoms with Gasteiger partial charge in [-0.05, 0) is 44.0 Å². The standard InChI is InChI=1S/C25H30Cl2N2O2S/c1-18(25(31)28-19-9-4-2-5-10-19)29(17-21-22(26)13-8-14-23(21)27)24(30)15-16-32-20-11-6-3-7-12-20/h3,6-8,11-14,18-19H,2,4-5,9-10,15-17H2,1H3,(H,28,31)/t18-/m0/s1. The van der Waals surface area contributed by atoms with E-state index in [2.05, 4.69) is 5.32 Å². The normalized spacial score (nSPS) is 15.2. The first-order valence-corrected chi connectivity index (χ1v) is 12.9.